The number of hydrogen-bond donors (Lipinski definition) is 1. The quantitative estimate of drug-likeness (QED) is 0.886. The van der Waals surface area contributed by atoms with Crippen LogP contribution in [0.3, 0.4) is 0 Å². The molecule has 0 radical (unpaired) electrons. The number of hydrogen-bond acceptors (Lipinski definition) is 3. The van der Waals surface area contributed by atoms with Gasteiger partial charge in [0.15, 0.2) is 0 Å². The topological polar surface area (TPSA) is 66.8 Å². The van der Waals surface area contributed by atoms with Crippen molar-refractivity contribution < 1.29 is 19.4 Å². The number of carboxylic acid groups (broad SMARTS) is 1. The third-order valence-electron chi connectivity index (χ3n) is 3.74. The largest absolute Gasteiger partial charge is 0.481 e. The lowest BCUT2D eigenvalue weighted by Gasteiger charge is -2.17. The van der Waals surface area contributed by atoms with Crippen LogP contribution >= 0.6 is 15.9 Å². The summed E-state index contributed by atoms with van der Waals surface area (Å²) in [6.07, 6.45) is -0.541. The highest BCUT2D eigenvalue weighted by Gasteiger charge is 2.37. The Morgan fingerprint density at radius 3 is 2.65 bits per heavy atom. The molecule has 5 nitrogen and oxygen atoms in total. The third kappa shape index (κ3) is 3.22. The molecule has 0 saturated heterocycles. The standard InChI is InChI=1S/C17H14BrNO4/c18-12-6-7-15-13(8-12)14(16(20)21)9-19(15)17(22)23-10-11-4-2-1-3-5-11/h1-8,14H,9-10H2,(H,20,21). The summed E-state index contributed by atoms with van der Waals surface area (Å²) in [4.78, 5) is 25.1. The lowest BCUT2D eigenvalue weighted by Crippen LogP contribution is -2.31. The molecule has 0 fully saturated rings. The predicted molar refractivity (Wildman–Crippen MR) is 88.5 cm³/mol. The number of halogens is 1. The van der Waals surface area contributed by atoms with E-state index in [1.54, 1.807) is 18.2 Å². The van der Waals surface area contributed by atoms with Gasteiger partial charge in [-0.25, -0.2) is 4.79 Å². The van der Waals surface area contributed by atoms with E-state index in [1.165, 1.54) is 4.90 Å². The van der Waals surface area contributed by atoms with Crippen LogP contribution in [0.25, 0.3) is 0 Å². The van der Waals surface area contributed by atoms with Gasteiger partial charge in [0.25, 0.3) is 0 Å². The van der Waals surface area contributed by atoms with Gasteiger partial charge in [-0.1, -0.05) is 46.3 Å². The van der Waals surface area contributed by atoms with Crippen molar-refractivity contribution >= 4 is 33.7 Å². The molecular weight excluding hydrogens is 362 g/mol. The maximum atomic E-state index is 12.3. The molecule has 1 N–H and O–H groups in total. The number of ether oxygens (including phenoxy) is 1. The summed E-state index contributed by atoms with van der Waals surface area (Å²) < 4.78 is 6.09. The fourth-order valence-electron chi connectivity index (χ4n) is 2.61. The molecule has 3 rings (SSSR count). The summed E-state index contributed by atoms with van der Waals surface area (Å²) in [7, 11) is 0. The van der Waals surface area contributed by atoms with Crippen molar-refractivity contribution in [3.8, 4) is 0 Å². The zero-order chi connectivity index (χ0) is 16.4. The van der Waals surface area contributed by atoms with Gasteiger partial charge < -0.3 is 9.84 Å². The molecule has 23 heavy (non-hydrogen) atoms. The highest BCUT2D eigenvalue weighted by molar-refractivity contribution is 9.10. The molecule has 1 atom stereocenters. The van der Waals surface area contributed by atoms with Crippen LogP contribution in [0.1, 0.15) is 17.0 Å². The first-order valence-corrected chi connectivity index (χ1v) is 7.86. The molecule has 0 saturated carbocycles. The minimum atomic E-state index is -0.956. The molecule has 118 valence electrons. The Labute approximate surface area is 141 Å². The predicted octanol–water partition coefficient (Wildman–Crippen LogP) is 3.77. The molecule has 1 aliphatic rings. The second-order valence-electron chi connectivity index (χ2n) is 5.24. The van der Waals surface area contributed by atoms with Crippen LogP contribution in [0.5, 0.6) is 0 Å². The van der Waals surface area contributed by atoms with Crippen molar-refractivity contribution in [3.05, 3.63) is 64.1 Å². The number of amides is 1. The van der Waals surface area contributed by atoms with Crippen molar-refractivity contribution in [1.82, 2.24) is 0 Å². The minimum absolute atomic E-state index is 0.0781. The van der Waals surface area contributed by atoms with Gasteiger partial charge in [-0.15, -0.1) is 0 Å². The van der Waals surface area contributed by atoms with E-state index >= 15 is 0 Å². The first kappa shape index (κ1) is 15.6. The van der Waals surface area contributed by atoms with E-state index in [2.05, 4.69) is 15.9 Å². The van der Waals surface area contributed by atoms with Gasteiger partial charge in [0.1, 0.15) is 12.5 Å². The second-order valence-corrected chi connectivity index (χ2v) is 6.16. The van der Waals surface area contributed by atoms with Crippen LogP contribution in [-0.4, -0.2) is 23.7 Å². The average Bonchev–Trinajstić information content (AvgIpc) is 2.92. The first-order chi connectivity index (χ1) is 11.1. The van der Waals surface area contributed by atoms with Gasteiger partial charge in [0, 0.05) is 11.0 Å². The van der Waals surface area contributed by atoms with Crippen molar-refractivity contribution in [3.63, 3.8) is 0 Å². The molecule has 1 unspecified atom stereocenters. The van der Waals surface area contributed by atoms with Crippen molar-refractivity contribution in [2.75, 3.05) is 11.4 Å². The highest BCUT2D eigenvalue weighted by Crippen LogP contribution is 2.38. The Bertz CT molecular complexity index is 748. The number of anilines is 1. The molecule has 1 amide bonds. The van der Waals surface area contributed by atoms with Crippen molar-refractivity contribution in [2.45, 2.75) is 12.5 Å². The Morgan fingerprint density at radius 1 is 1.22 bits per heavy atom. The summed E-state index contributed by atoms with van der Waals surface area (Å²) in [5.41, 5.74) is 2.08. The number of carbonyl (C=O) groups excluding carboxylic acids is 1. The van der Waals surface area contributed by atoms with Gasteiger partial charge in [-0.05, 0) is 29.3 Å². The van der Waals surface area contributed by atoms with E-state index < -0.39 is 18.0 Å². The normalized spacial score (nSPS) is 16.0. The Morgan fingerprint density at radius 2 is 1.96 bits per heavy atom. The van der Waals surface area contributed by atoms with Gasteiger partial charge in [0.05, 0.1) is 5.69 Å². The summed E-state index contributed by atoms with van der Waals surface area (Å²) in [6, 6.07) is 14.6. The molecule has 0 spiro atoms. The summed E-state index contributed by atoms with van der Waals surface area (Å²) in [6.45, 7) is 0.231. The van der Waals surface area contributed by atoms with E-state index in [1.807, 2.05) is 30.3 Å². The average molecular weight is 376 g/mol. The van der Waals surface area contributed by atoms with E-state index in [9.17, 15) is 14.7 Å². The molecule has 0 aromatic heterocycles. The van der Waals surface area contributed by atoms with E-state index in [0.29, 0.717) is 11.3 Å². The van der Waals surface area contributed by atoms with Crippen molar-refractivity contribution in [2.24, 2.45) is 0 Å². The second kappa shape index (κ2) is 6.42. The smallest absolute Gasteiger partial charge is 0.414 e. The molecule has 6 heteroatoms. The van der Waals surface area contributed by atoms with Gasteiger partial charge in [0.2, 0.25) is 0 Å². The number of carbonyl (C=O) groups is 2. The summed E-state index contributed by atoms with van der Waals surface area (Å²) >= 11 is 3.33. The number of nitrogens with zero attached hydrogens (tertiary/aromatic N) is 1. The van der Waals surface area contributed by atoms with Gasteiger partial charge in [-0.2, -0.15) is 0 Å². The monoisotopic (exact) mass is 375 g/mol. The zero-order valence-electron chi connectivity index (χ0n) is 12.1. The van der Waals surface area contributed by atoms with Crippen LogP contribution in [0, 0.1) is 0 Å². The fraction of sp³-hybridized carbons (Fsp3) is 0.176. The first-order valence-electron chi connectivity index (χ1n) is 7.06. The maximum absolute atomic E-state index is 12.3. The van der Waals surface area contributed by atoms with E-state index in [-0.39, 0.29) is 13.2 Å². The fourth-order valence-corrected chi connectivity index (χ4v) is 2.99. The summed E-state index contributed by atoms with van der Waals surface area (Å²) in [5.74, 6) is -1.70. The summed E-state index contributed by atoms with van der Waals surface area (Å²) in [5, 5.41) is 9.36. The van der Waals surface area contributed by atoms with E-state index in [0.717, 1.165) is 10.0 Å². The van der Waals surface area contributed by atoms with Crippen LogP contribution < -0.4 is 4.90 Å². The number of rotatable bonds is 3. The lowest BCUT2D eigenvalue weighted by molar-refractivity contribution is -0.138. The minimum Gasteiger partial charge on any atom is -0.481 e. The van der Waals surface area contributed by atoms with Crippen LogP contribution in [-0.2, 0) is 16.1 Å². The number of aliphatic carboxylic acids is 1. The van der Waals surface area contributed by atoms with Crippen molar-refractivity contribution in [1.29, 1.82) is 0 Å². The lowest BCUT2D eigenvalue weighted by atomic mass is 10.0. The zero-order valence-corrected chi connectivity index (χ0v) is 13.7. The highest BCUT2D eigenvalue weighted by atomic mass is 79.9. The number of benzene rings is 2. The maximum Gasteiger partial charge on any atom is 0.414 e. The molecular formula is C17H14BrNO4. The number of carboxylic acids is 1. The van der Waals surface area contributed by atoms with Crippen LogP contribution in [0.4, 0.5) is 10.5 Å². The SMILES string of the molecule is O=C(O)C1CN(C(=O)OCc2ccccc2)c2ccc(Br)cc21. The Balaban J connectivity index is 1.78. The van der Waals surface area contributed by atoms with Crippen LogP contribution in [0.15, 0.2) is 53.0 Å². The Kier molecular flexibility index (Phi) is 4.34. The molecule has 0 bridgehead atoms. The Hall–Kier alpha value is -2.34. The molecule has 0 aliphatic carbocycles. The third-order valence-corrected chi connectivity index (χ3v) is 4.24. The molecule has 1 heterocycles. The van der Waals surface area contributed by atoms with Gasteiger partial charge >= 0.3 is 12.1 Å². The molecule has 2 aromatic carbocycles. The van der Waals surface area contributed by atoms with Gasteiger partial charge in [-0.3, -0.25) is 9.69 Å². The van der Waals surface area contributed by atoms with E-state index in [4.69, 9.17) is 4.74 Å². The number of fused-ring (bicyclic) bond motifs is 1. The molecule has 1 aliphatic heterocycles. The molecule has 2 aromatic rings. The van der Waals surface area contributed by atoms with Crippen LogP contribution in [0.2, 0.25) is 0 Å².